The van der Waals surface area contributed by atoms with E-state index in [0.717, 1.165) is 13.1 Å². The fourth-order valence-corrected chi connectivity index (χ4v) is 2.46. The van der Waals surface area contributed by atoms with Crippen molar-refractivity contribution in [3.8, 4) is 0 Å². The highest BCUT2D eigenvalue weighted by molar-refractivity contribution is 5.39. The van der Waals surface area contributed by atoms with Crippen LogP contribution in [0.25, 0.3) is 0 Å². The highest BCUT2D eigenvalue weighted by Crippen LogP contribution is 2.27. The standard InChI is InChI=1S/C13H17N3O5/c17-16(18)12-8-14-11(13-20-5-6-21-13)7-10(12)9-15-1-3-19-4-2-15/h7-8,13H,1-6,9H2. The first kappa shape index (κ1) is 14.3. The molecule has 0 atom stereocenters. The molecule has 0 spiro atoms. The molecule has 3 rings (SSSR count). The van der Waals surface area contributed by atoms with Crippen molar-refractivity contribution >= 4 is 5.69 Å². The first-order valence-corrected chi connectivity index (χ1v) is 6.90. The number of hydrogen-bond donors (Lipinski definition) is 0. The second-order valence-corrected chi connectivity index (χ2v) is 4.96. The van der Waals surface area contributed by atoms with Crippen LogP contribution in [0, 0.1) is 10.1 Å². The molecule has 1 aromatic heterocycles. The molecule has 0 N–H and O–H groups in total. The largest absolute Gasteiger partial charge is 0.379 e. The Morgan fingerprint density at radius 2 is 2.00 bits per heavy atom. The van der Waals surface area contributed by atoms with E-state index in [4.69, 9.17) is 14.2 Å². The first-order chi connectivity index (χ1) is 10.2. The number of aromatic nitrogens is 1. The van der Waals surface area contributed by atoms with E-state index < -0.39 is 11.2 Å². The van der Waals surface area contributed by atoms with Crippen molar-refractivity contribution in [1.29, 1.82) is 0 Å². The number of nitrogens with zero attached hydrogens (tertiary/aromatic N) is 3. The summed E-state index contributed by atoms with van der Waals surface area (Å²) in [4.78, 5) is 17.0. The van der Waals surface area contributed by atoms with Crippen LogP contribution in [0.15, 0.2) is 12.3 Å². The fourth-order valence-electron chi connectivity index (χ4n) is 2.46. The van der Waals surface area contributed by atoms with Gasteiger partial charge < -0.3 is 14.2 Å². The first-order valence-electron chi connectivity index (χ1n) is 6.90. The zero-order chi connectivity index (χ0) is 14.7. The Morgan fingerprint density at radius 1 is 1.29 bits per heavy atom. The van der Waals surface area contributed by atoms with Gasteiger partial charge in [0, 0.05) is 25.2 Å². The molecular weight excluding hydrogens is 278 g/mol. The van der Waals surface area contributed by atoms with Gasteiger partial charge in [-0.2, -0.15) is 0 Å². The predicted octanol–water partition coefficient (Wildman–Crippen LogP) is 0.867. The third-order valence-corrected chi connectivity index (χ3v) is 3.54. The fraction of sp³-hybridized carbons (Fsp3) is 0.615. The molecule has 21 heavy (non-hydrogen) atoms. The lowest BCUT2D eigenvalue weighted by molar-refractivity contribution is -0.386. The van der Waals surface area contributed by atoms with E-state index in [0.29, 0.717) is 44.2 Å². The summed E-state index contributed by atoms with van der Waals surface area (Å²) >= 11 is 0. The minimum absolute atomic E-state index is 0.0308. The molecule has 2 fully saturated rings. The van der Waals surface area contributed by atoms with Gasteiger partial charge in [-0.15, -0.1) is 0 Å². The van der Waals surface area contributed by atoms with Crippen LogP contribution in [0.1, 0.15) is 17.5 Å². The molecule has 8 nitrogen and oxygen atoms in total. The van der Waals surface area contributed by atoms with Crippen LogP contribution in [-0.4, -0.2) is 54.3 Å². The third kappa shape index (κ3) is 3.35. The van der Waals surface area contributed by atoms with Crippen LogP contribution in [0.3, 0.4) is 0 Å². The zero-order valence-electron chi connectivity index (χ0n) is 11.6. The predicted molar refractivity (Wildman–Crippen MR) is 71.6 cm³/mol. The lowest BCUT2D eigenvalue weighted by Gasteiger charge is -2.26. The highest BCUT2D eigenvalue weighted by atomic mass is 16.7. The van der Waals surface area contributed by atoms with Gasteiger partial charge in [0.2, 0.25) is 6.29 Å². The SMILES string of the molecule is O=[N+]([O-])c1cnc(C2OCCO2)cc1CN1CCOCC1. The molecule has 2 aliphatic heterocycles. The maximum atomic E-state index is 11.2. The van der Waals surface area contributed by atoms with Crippen LogP contribution in [0.4, 0.5) is 5.69 Å². The van der Waals surface area contributed by atoms with Crippen molar-refractivity contribution < 1.29 is 19.1 Å². The summed E-state index contributed by atoms with van der Waals surface area (Å²) in [5.41, 5.74) is 1.25. The van der Waals surface area contributed by atoms with Crippen molar-refractivity contribution in [2.75, 3.05) is 39.5 Å². The lowest BCUT2D eigenvalue weighted by Crippen LogP contribution is -2.35. The molecule has 0 saturated carbocycles. The smallest absolute Gasteiger partial charge is 0.292 e. The van der Waals surface area contributed by atoms with Gasteiger partial charge in [-0.3, -0.25) is 15.0 Å². The Kier molecular flexibility index (Phi) is 4.39. The Morgan fingerprint density at radius 3 is 2.67 bits per heavy atom. The van der Waals surface area contributed by atoms with Gasteiger partial charge in [0.05, 0.1) is 37.0 Å². The third-order valence-electron chi connectivity index (χ3n) is 3.54. The number of pyridine rings is 1. The number of nitro groups is 1. The van der Waals surface area contributed by atoms with E-state index in [1.807, 2.05) is 0 Å². The summed E-state index contributed by atoms with van der Waals surface area (Å²) in [5.74, 6) is 0. The van der Waals surface area contributed by atoms with E-state index in [9.17, 15) is 10.1 Å². The van der Waals surface area contributed by atoms with Crippen molar-refractivity contribution in [3.05, 3.63) is 33.6 Å². The molecule has 2 saturated heterocycles. The summed E-state index contributed by atoms with van der Waals surface area (Å²) < 4.78 is 16.1. The molecular formula is C13H17N3O5. The van der Waals surface area contributed by atoms with Crippen LogP contribution in [-0.2, 0) is 20.8 Å². The molecule has 1 aromatic rings. The van der Waals surface area contributed by atoms with Gasteiger partial charge in [-0.25, -0.2) is 4.98 Å². The maximum absolute atomic E-state index is 11.2. The molecule has 0 aromatic carbocycles. The Labute approximate surface area is 121 Å². The molecule has 0 amide bonds. The normalized spacial score (nSPS) is 20.8. The van der Waals surface area contributed by atoms with Crippen LogP contribution >= 0.6 is 0 Å². The van der Waals surface area contributed by atoms with Gasteiger partial charge in [-0.1, -0.05) is 0 Å². The molecule has 0 radical (unpaired) electrons. The summed E-state index contributed by atoms with van der Waals surface area (Å²) in [5, 5.41) is 11.2. The molecule has 0 bridgehead atoms. The molecule has 0 unspecified atom stereocenters. The monoisotopic (exact) mass is 295 g/mol. The Bertz CT molecular complexity index is 513. The summed E-state index contributed by atoms with van der Waals surface area (Å²) in [6, 6.07) is 1.71. The molecule has 114 valence electrons. The van der Waals surface area contributed by atoms with Crippen LogP contribution in [0.5, 0.6) is 0 Å². The Balaban J connectivity index is 1.83. The highest BCUT2D eigenvalue weighted by Gasteiger charge is 2.25. The van der Waals surface area contributed by atoms with Gasteiger partial charge >= 0.3 is 0 Å². The number of morpholine rings is 1. The van der Waals surface area contributed by atoms with E-state index in [-0.39, 0.29) is 5.69 Å². The summed E-state index contributed by atoms with van der Waals surface area (Å²) in [6.07, 6.45) is 0.769. The topological polar surface area (TPSA) is 87.0 Å². The lowest BCUT2D eigenvalue weighted by atomic mass is 10.1. The van der Waals surface area contributed by atoms with E-state index >= 15 is 0 Å². The van der Waals surface area contributed by atoms with E-state index in [1.54, 1.807) is 6.07 Å². The number of ether oxygens (including phenoxy) is 3. The molecule has 2 aliphatic rings. The van der Waals surface area contributed by atoms with E-state index in [1.165, 1.54) is 6.20 Å². The molecule has 8 heteroatoms. The van der Waals surface area contributed by atoms with Crippen LogP contribution < -0.4 is 0 Å². The second kappa shape index (κ2) is 6.44. The summed E-state index contributed by atoms with van der Waals surface area (Å²) in [6.45, 7) is 4.38. The molecule has 0 aliphatic carbocycles. The van der Waals surface area contributed by atoms with Crippen LogP contribution in [0.2, 0.25) is 0 Å². The summed E-state index contributed by atoms with van der Waals surface area (Å²) in [7, 11) is 0. The van der Waals surface area contributed by atoms with Crippen molar-refractivity contribution in [3.63, 3.8) is 0 Å². The van der Waals surface area contributed by atoms with Crippen molar-refractivity contribution in [2.45, 2.75) is 12.8 Å². The Hall–Kier alpha value is -1.61. The average molecular weight is 295 g/mol. The minimum atomic E-state index is -0.519. The number of rotatable bonds is 4. The molecule has 3 heterocycles. The minimum Gasteiger partial charge on any atom is -0.379 e. The quantitative estimate of drug-likeness (QED) is 0.601. The zero-order valence-corrected chi connectivity index (χ0v) is 11.6. The van der Waals surface area contributed by atoms with Gasteiger partial charge in [0.1, 0.15) is 6.20 Å². The average Bonchev–Trinajstić information content (AvgIpc) is 3.02. The second-order valence-electron chi connectivity index (χ2n) is 4.96. The maximum Gasteiger partial charge on any atom is 0.292 e. The van der Waals surface area contributed by atoms with Gasteiger partial charge in [0.15, 0.2) is 0 Å². The van der Waals surface area contributed by atoms with Crippen molar-refractivity contribution in [1.82, 2.24) is 9.88 Å². The van der Waals surface area contributed by atoms with Gasteiger partial charge in [-0.05, 0) is 6.07 Å². The van der Waals surface area contributed by atoms with E-state index in [2.05, 4.69) is 9.88 Å². The number of hydrogen-bond acceptors (Lipinski definition) is 7. The van der Waals surface area contributed by atoms with Gasteiger partial charge in [0.25, 0.3) is 5.69 Å². The van der Waals surface area contributed by atoms with Crippen molar-refractivity contribution in [2.24, 2.45) is 0 Å².